The summed E-state index contributed by atoms with van der Waals surface area (Å²) in [4.78, 5) is 12.1. The van der Waals surface area contributed by atoms with Gasteiger partial charge in [-0.15, -0.1) is 0 Å². The van der Waals surface area contributed by atoms with E-state index in [2.05, 4.69) is 22.7 Å². The van der Waals surface area contributed by atoms with Crippen LogP contribution in [0.3, 0.4) is 0 Å². The molecule has 0 aliphatic rings. The molecule has 106 valence electrons. The molecule has 1 heterocycles. The van der Waals surface area contributed by atoms with Gasteiger partial charge in [0, 0.05) is 25.0 Å². The number of benzene rings is 1. The van der Waals surface area contributed by atoms with E-state index in [0.717, 1.165) is 30.0 Å². The van der Waals surface area contributed by atoms with Crippen LogP contribution in [0.15, 0.2) is 30.3 Å². The third kappa shape index (κ3) is 3.45. The van der Waals surface area contributed by atoms with E-state index in [0.29, 0.717) is 5.69 Å². The lowest BCUT2D eigenvalue weighted by molar-refractivity contribution is 0.102. The predicted molar refractivity (Wildman–Crippen MR) is 79.7 cm³/mol. The van der Waals surface area contributed by atoms with Crippen LogP contribution in [-0.2, 0) is 13.6 Å². The Hall–Kier alpha value is -2.14. The van der Waals surface area contributed by atoms with Crippen LogP contribution in [0.25, 0.3) is 0 Å². The predicted octanol–water partition coefficient (Wildman–Crippen LogP) is 2.09. The van der Waals surface area contributed by atoms with E-state index in [1.54, 1.807) is 10.7 Å². The molecule has 0 radical (unpaired) electrons. The van der Waals surface area contributed by atoms with Gasteiger partial charge in [0.25, 0.3) is 5.91 Å². The van der Waals surface area contributed by atoms with Crippen molar-refractivity contribution in [2.24, 2.45) is 7.05 Å². The zero-order valence-corrected chi connectivity index (χ0v) is 12.1. The van der Waals surface area contributed by atoms with Crippen molar-refractivity contribution in [3.8, 4) is 0 Å². The summed E-state index contributed by atoms with van der Waals surface area (Å²) in [6, 6.07) is 9.59. The Morgan fingerprint density at radius 3 is 2.80 bits per heavy atom. The highest BCUT2D eigenvalue weighted by molar-refractivity contribution is 6.02. The average Bonchev–Trinajstić information content (AvgIpc) is 2.77. The molecule has 1 aromatic heterocycles. The number of anilines is 1. The van der Waals surface area contributed by atoms with E-state index in [9.17, 15) is 4.79 Å². The molecule has 2 N–H and O–H groups in total. The molecule has 0 aliphatic carbocycles. The number of rotatable bonds is 5. The van der Waals surface area contributed by atoms with E-state index in [1.807, 2.05) is 38.2 Å². The van der Waals surface area contributed by atoms with Crippen LogP contribution in [-0.4, -0.2) is 22.2 Å². The molecule has 0 atom stereocenters. The Balaban J connectivity index is 2.07. The fourth-order valence-electron chi connectivity index (χ4n) is 1.90. The second kappa shape index (κ2) is 6.34. The number of aromatic nitrogens is 2. The van der Waals surface area contributed by atoms with Crippen LogP contribution < -0.4 is 10.6 Å². The molecule has 0 unspecified atom stereocenters. The fourth-order valence-corrected chi connectivity index (χ4v) is 1.90. The van der Waals surface area contributed by atoms with E-state index < -0.39 is 0 Å². The Labute approximate surface area is 119 Å². The van der Waals surface area contributed by atoms with Crippen LogP contribution in [0.2, 0.25) is 0 Å². The van der Waals surface area contributed by atoms with Gasteiger partial charge in [0.1, 0.15) is 0 Å². The number of nitrogens with zero attached hydrogens (tertiary/aromatic N) is 2. The lowest BCUT2D eigenvalue weighted by Crippen LogP contribution is -2.14. The van der Waals surface area contributed by atoms with Gasteiger partial charge in [0.05, 0.1) is 0 Å². The minimum atomic E-state index is -0.186. The van der Waals surface area contributed by atoms with Gasteiger partial charge in [-0.3, -0.25) is 9.48 Å². The third-order valence-electron chi connectivity index (χ3n) is 3.11. The van der Waals surface area contributed by atoms with Gasteiger partial charge >= 0.3 is 0 Å². The zero-order chi connectivity index (χ0) is 14.5. The standard InChI is InChI=1S/C15H20N4O/c1-4-16-10-12-6-5-7-13(9-12)17-15(20)14-8-11(2)19(3)18-14/h5-9,16H,4,10H2,1-3H3,(H,17,20). The molecule has 5 heteroatoms. The normalized spacial score (nSPS) is 10.6. The first-order valence-electron chi connectivity index (χ1n) is 6.72. The van der Waals surface area contributed by atoms with Crippen LogP contribution in [0.4, 0.5) is 5.69 Å². The monoisotopic (exact) mass is 272 g/mol. The summed E-state index contributed by atoms with van der Waals surface area (Å²) in [6.07, 6.45) is 0. The minimum absolute atomic E-state index is 0.186. The molecule has 2 rings (SSSR count). The summed E-state index contributed by atoms with van der Waals surface area (Å²) in [5.74, 6) is -0.186. The number of carbonyl (C=O) groups excluding carboxylic acids is 1. The largest absolute Gasteiger partial charge is 0.321 e. The smallest absolute Gasteiger partial charge is 0.276 e. The van der Waals surface area contributed by atoms with Crippen LogP contribution in [0.5, 0.6) is 0 Å². The van der Waals surface area contributed by atoms with Gasteiger partial charge in [-0.05, 0) is 37.2 Å². The second-order valence-electron chi connectivity index (χ2n) is 4.73. The molecule has 0 saturated heterocycles. The first-order chi connectivity index (χ1) is 9.60. The SMILES string of the molecule is CCNCc1cccc(NC(=O)c2cc(C)n(C)n2)c1. The minimum Gasteiger partial charge on any atom is -0.321 e. The Kier molecular flexibility index (Phi) is 4.53. The second-order valence-corrected chi connectivity index (χ2v) is 4.73. The molecule has 20 heavy (non-hydrogen) atoms. The third-order valence-corrected chi connectivity index (χ3v) is 3.11. The van der Waals surface area contributed by atoms with Crippen molar-refractivity contribution in [2.45, 2.75) is 20.4 Å². The summed E-state index contributed by atoms with van der Waals surface area (Å²) >= 11 is 0. The summed E-state index contributed by atoms with van der Waals surface area (Å²) in [7, 11) is 1.82. The molecule has 1 amide bonds. The number of hydrogen-bond acceptors (Lipinski definition) is 3. The van der Waals surface area contributed by atoms with Gasteiger partial charge in [-0.25, -0.2) is 0 Å². The van der Waals surface area contributed by atoms with Crippen LogP contribution >= 0.6 is 0 Å². The van der Waals surface area contributed by atoms with Gasteiger partial charge in [0.15, 0.2) is 5.69 Å². The van der Waals surface area contributed by atoms with Gasteiger partial charge < -0.3 is 10.6 Å². The maximum atomic E-state index is 12.1. The first kappa shape index (κ1) is 14.3. The van der Waals surface area contributed by atoms with Crippen LogP contribution in [0, 0.1) is 6.92 Å². The van der Waals surface area contributed by atoms with Crippen molar-refractivity contribution in [3.63, 3.8) is 0 Å². The first-order valence-corrected chi connectivity index (χ1v) is 6.72. The van der Waals surface area contributed by atoms with Crippen molar-refractivity contribution in [2.75, 3.05) is 11.9 Å². The summed E-state index contributed by atoms with van der Waals surface area (Å²) in [5, 5.41) is 10.3. The number of nitrogens with one attached hydrogen (secondary N) is 2. The molecule has 1 aromatic carbocycles. The Bertz CT molecular complexity index is 584. The van der Waals surface area contributed by atoms with Gasteiger partial charge in [-0.2, -0.15) is 5.10 Å². The maximum absolute atomic E-state index is 12.1. The van der Waals surface area contributed by atoms with E-state index in [-0.39, 0.29) is 5.91 Å². The zero-order valence-electron chi connectivity index (χ0n) is 12.1. The molecular weight excluding hydrogens is 252 g/mol. The van der Waals surface area contributed by atoms with Crippen LogP contribution in [0.1, 0.15) is 28.7 Å². The molecule has 0 saturated carbocycles. The van der Waals surface area contributed by atoms with Crippen molar-refractivity contribution in [1.29, 1.82) is 0 Å². The highest BCUT2D eigenvalue weighted by Crippen LogP contribution is 2.12. The molecule has 0 bridgehead atoms. The molecule has 5 nitrogen and oxygen atoms in total. The van der Waals surface area contributed by atoms with Gasteiger partial charge in [-0.1, -0.05) is 19.1 Å². The van der Waals surface area contributed by atoms with Crippen molar-refractivity contribution in [3.05, 3.63) is 47.3 Å². The number of amides is 1. The lowest BCUT2D eigenvalue weighted by atomic mass is 10.2. The Morgan fingerprint density at radius 1 is 1.35 bits per heavy atom. The average molecular weight is 272 g/mol. The summed E-state index contributed by atoms with van der Waals surface area (Å²) in [5.41, 5.74) is 3.31. The molecule has 2 aromatic rings. The lowest BCUT2D eigenvalue weighted by Gasteiger charge is -2.06. The molecule has 0 aliphatic heterocycles. The van der Waals surface area contributed by atoms with E-state index in [1.165, 1.54) is 0 Å². The van der Waals surface area contributed by atoms with Gasteiger partial charge in [0.2, 0.25) is 0 Å². The quantitative estimate of drug-likeness (QED) is 0.876. The van der Waals surface area contributed by atoms with E-state index in [4.69, 9.17) is 0 Å². The number of carbonyl (C=O) groups is 1. The maximum Gasteiger partial charge on any atom is 0.276 e. The molecular formula is C15H20N4O. The highest BCUT2D eigenvalue weighted by atomic mass is 16.1. The van der Waals surface area contributed by atoms with Crippen molar-refractivity contribution in [1.82, 2.24) is 15.1 Å². The number of hydrogen-bond donors (Lipinski definition) is 2. The Morgan fingerprint density at radius 2 is 2.15 bits per heavy atom. The highest BCUT2D eigenvalue weighted by Gasteiger charge is 2.11. The number of aryl methyl sites for hydroxylation is 2. The fraction of sp³-hybridized carbons (Fsp3) is 0.333. The molecule has 0 fully saturated rings. The molecule has 0 spiro atoms. The van der Waals surface area contributed by atoms with Crippen molar-refractivity contribution < 1.29 is 4.79 Å². The summed E-state index contributed by atoms with van der Waals surface area (Å²) in [6.45, 7) is 5.70. The summed E-state index contributed by atoms with van der Waals surface area (Å²) < 4.78 is 1.69. The van der Waals surface area contributed by atoms with Crippen molar-refractivity contribution >= 4 is 11.6 Å². The van der Waals surface area contributed by atoms with E-state index >= 15 is 0 Å². The topological polar surface area (TPSA) is 58.9 Å².